The quantitative estimate of drug-likeness (QED) is 0.884. The van der Waals surface area contributed by atoms with E-state index in [0.717, 1.165) is 6.42 Å². The first-order valence-corrected chi connectivity index (χ1v) is 7.16. The van der Waals surface area contributed by atoms with E-state index in [1.54, 1.807) is 17.0 Å². The molecular weight excluding hydrogens is 280 g/mol. The number of anilines is 1. The number of rotatable bonds is 4. The molecule has 0 radical (unpaired) electrons. The number of carbonyl (C=O) groups excluding carboxylic acids is 2. The number of nitrogens with zero attached hydrogens (tertiary/aromatic N) is 1. The molecule has 1 aromatic rings. The molecule has 7 heteroatoms. The van der Waals surface area contributed by atoms with Crippen molar-refractivity contribution in [1.82, 2.24) is 4.90 Å². The first kappa shape index (κ1) is 14.5. The second-order valence-corrected chi connectivity index (χ2v) is 5.93. The molecule has 1 saturated heterocycles. The molecule has 2 N–H and O–H groups in total. The van der Waals surface area contributed by atoms with E-state index in [9.17, 15) is 14.4 Å². The molecule has 0 saturated carbocycles. The van der Waals surface area contributed by atoms with Gasteiger partial charge in [0.1, 0.15) is 0 Å². The van der Waals surface area contributed by atoms with Gasteiger partial charge in [-0.05, 0) is 24.5 Å². The summed E-state index contributed by atoms with van der Waals surface area (Å²) in [5.41, 5.74) is 0. The summed E-state index contributed by atoms with van der Waals surface area (Å²) in [6.45, 7) is 2.49. The predicted octanol–water partition coefficient (Wildman–Crippen LogP) is 1.64. The maximum absolute atomic E-state index is 12.3. The lowest BCUT2D eigenvalue weighted by atomic mass is 10.1. The maximum atomic E-state index is 12.3. The molecule has 0 spiro atoms. The molecule has 2 heterocycles. The highest BCUT2D eigenvalue weighted by atomic mass is 32.1. The number of hydrogen-bond acceptors (Lipinski definition) is 4. The third-order valence-electron chi connectivity index (χ3n) is 3.15. The monoisotopic (exact) mass is 296 g/mol. The van der Waals surface area contributed by atoms with E-state index in [4.69, 9.17) is 5.11 Å². The second kappa shape index (κ2) is 6.04. The predicted molar refractivity (Wildman–Crippen MR) is 74.9 cm³/mol. The van der Waals surface area contributed by atoms with Gasteiger partial charge in [0.2, 0.25) is 5.91 Å². The lowest BCUT2D eigenvalue weighted by Crippen LogP contribution is -2.28. The fourth-order valence-electron chi connectivity index (χ4n) is 2.28. The van der Waals surface area contributed by atoms with Crippen LogP contribution >= 0.6 is 11.3 Å². The number of carboxylic acid groups (broad SMARTS) is 1. The van der Waals surface area contributed by atoms with Crippen LogP contribution in [0.4, 0.5) is 5.00 Å². The molecule has 1 fully saturated rings. The lowest BCUT2D eigenvalue weighted by molar-refractivity contribution is -0.138. The Morgan fingerprint density at radius 1 is 1.45 bits per heavy atom. The molecule has 2 amide bonds. The van der Waals surface area contributed by atoms with Crippen LogP contribution in [0.15, 0.2) is 12.1 Å². The number of thiophene rings is 1. The first-order valence-electron chi connectivity index (χ1n) is 6.34. The normalized spacial score (nSPS) is 18.1. The first-order chi connectivity index (χ1) is 9.45. The van der Waals surface area contributed by atoms with Gasteiger partial charge in [-0.15, -0.1) is 11.3 Å². The van der Waals surface area contributed by atoms with E-state index in [1.807, 2.05) is 0 Å². The Kier molecular flexibility index (Phi) is 4.39. The highest BCUT2D eigenvalue weighted by Gasteiger charge is 2.29. The van der Waals surface area contributed by atoms with Crippen molar-refractivity contribution in [3.8, 4) is 0 Å². The standard InChI is InChI=1S/C13H16N2O4S/c1-8(16)14-11-3-2-10(20-11)13(19)15-5-4-9(7-15)6-12(17)18/h2-3,9H,4-7H2,1H3,(H,14,16)(H,17,18). The number of nitrogens with one attached hydrogen (secondary N) is 1. The zero-order valence-corrected chi connectivity index (χ0v) is 11.9. The summed E-state index contributed by atoms with van der Waals surface area (Å²) in [4.78, 5) is 36.1. The average Bonchev–Trinajstić information content (AvgIpc) is 2.96. The molecule has 2 rings (SSSR count). The van der Waals surface area contributed by atoms with Gasteiger partial charge in [0.25, 0.3) is 5.91 Å². The van der Waals surface area contributed by atoms with E-state index in [-0.39, 0.29) is 24.2 Å². The van der Waals surface area contributed by atoms with E-state index >= 15 is 0 Å². The maximum Gasteiger partial charge on any atom is 0.303 e. The van der Waals surface area contributed by atoms with Crippen LogP contribution in [0.1, 0.15) is 29.4 Å². The Bertz CT molecular complexity index is 540. The van der Waals surface area contributed by atoms with Gasteiger partial charge in [0.15, 0.2) is 0 Å². The molecule has 1 aliphatic rings. The zero-order valence-electron chi connectivity index (χ0n) is 11.1. The SMILES string of the molecule is CC(=O)Nc1ccc(C(=O)N2CCC(CC(=O)O)C2)s1. The third-order valence-corrected chi connectivity index (χ3v) is 4.14. The van der Waals surface area contributed by atoms with E-state index < -0.39 is 5.97 Å². The number of amides is 2. The van der Waals surface area contributed by atoms with Gasteiger partial charge in [-0.25, -0.2) is 0 Å². The Balaban J connectivity index is 1.96. The van der Waals surface area contributed by atoms with Crippen molar-refractivity contribution in [3.05, 3.63) is 17.0 Å². The molecular formula is C13H16N2O4S. The van der Waals surface area contributed by atoms with Crippen molar-refractivity contribution in [1.29, 1.82) is 0 Å². The number of aliphatic carboxylic acids is 1. The van der Waals surface area contributed by atoms with Gasteiger partial charge in [0.05, 0.1) is 9.88 Å². The van der Waals surface area contributed by atoms with Gasteiger partial charge < -0.3 is 15.3 Å². The van der Waals surface area contributed by atoms with E-state index in [2.05, 4.69) is 5.32 Å². The molecule has 20 heavy (non-hydrogen) atoms. The van der Waals surface area contributed by atoms with Crippen LogP contribution in [0.25, 0.3) is 0 Å². The zero-order chi connectivity index (χ0) is 14.7. The average molecular weight is 296 g/mol. The van der Waals surface area contributed by atoms with E-state index in [1.165, 1.54) is 18.3 Å². The van der Waals surface area contributed by atoms with Crippen molar-refractivity contribution in [2.24, 2.45) is 5.92 Å². The Hall–Kier alpha value is -1.89. The molecule has 1 atom stereocenters. The topological polar surface area (TPSA) is 86.7 Å². The summed E-state index contributed by atoms with van der Waals surface area (Å²) >= 11 is 1.23. The van der Waals surface area contributed by atoms with Crippen molar-refractivity contribution in [2.75, 3.05) is 18.4 Å². The minimum absolute atomic E-state index is 0.0335. The van der Waals surface area contributed by atoms with Crippen molar-refractivity contribution in [3.63, 3.8) is 0 Å². The van der Waals surface area contributed by atoms with Crippen LogP contribution in [0.2, 0.25) is 0 Å². The molecule has 6 nitrogen and oxygen atoms in total. The van der Waals surface area contributed by atoms with Gasteiger partial charge in [-0.3, -0.25) is 14.4 Å². The summed E-state index contributed by atoms with van der Waals surface area (Å²) in [5, 5.41) is 12.0. The van der Waals surface area contributed by atoms with Crippen molar-refractivity contribution < 1.29 is 19.5 Å². The fraction of sp³-hybridized carbons (Fsp3) is 0.462. The van der Waals surface area contributed by atoms with Crippen LogP contribution < -0.4 is 5.32 Å². The Morgan fingerprint density at radius 3 is 2.85 bits per heavy atom. The summed E-state index contributed by atoms with van der Waals surface area (Å²) < 4.78 is 0. The van der Waals surface area contributed by atoms with Gasteiger partial charge >= 0.3 is 5.97 Å². The van der Waals surface area contributed by atoms with Crippen LogP contribution in [0, 0.1) is 5.92 Å². The van der Waals surface area contributed by atoms with Crippen LogP contribution in [0.5, 0.6) is 0 Å². The van der Waals surface area contributed by atoms with Gasteiger partial charge in [-0.1, -0.05) is 0 Å². The van der Waals surface area contributed by atoms with Crippen molar-refractivity contribution >= 4 is 34.1 Å². The summed E-state index contributed by atoms with van der Waals surface area (Å²) in [6.07, 6.45) is 0.827. The Morgan fingerprint density at radius 2 is 2.20 bits per heavy atom. The minimum atomic E-state index is -0.826. The molecule has 108 valence electrons. The fourth-order valence-corrected chi connectivity index (χ4v) is 3.20. The molecule has 0 bridgehead atoms. The van der Waals surface area contributed by atoms with Gasteiger partial charge in [-0.2, -0.15) is 0 Å². The highest BCUT2D eigenvalue weighted by molar-refractivity contribution is 7.18. The smallest absolute Gasteiger partial charge is 0.303 e. The number of likely N-dealkylation sites (tertiary alicyclic amines) is 1. The van der Waals surface area contributed by atoms with Crippen LogP contribution in [-0.4, -0.2) is 40.9 Å². The van der Waals surface area contributed by atoms with Crippen molar-refractivity contribution in [2.45, 2.75) is 19.8 Å². The molecule has 1 aromatic heterocycles. The summed E-state index contributed by atoms with van der Waals surface area (Å²) in [6, 6.07) is 3.38. The Labute approximate surface area is 120 Å². The molecule has 1 aliphatic heterocycles. The number of carbonyl (C=O) groups is 3. The summed E-state index contributed by atoms with van der Waals surface area (Å²) in [5.74, 6) is -1.06. The number of hydrogen-bond donors (Lipinski definition) is 2. The van der Waals surface area contributed by atoms with Crippen LogP contribution in [0.3, 0.4) is 0 Å². The molecule has 0 aliphatic carbocycles. The number of carboxylic acids is 1. The van der Waals surface area contributed by atoms with E-state index in [0.29, 0.717) is 23.0 Å². The third kappa shape index (κ3) is 3.57. The molecule has 1 unspecified atom stereocenters. The van der Waals surface area contributed by atoms with Gasteiger partial charge in [0, 0.05) is 26.4 Å². The summed E-state index contributed by atoms with van der Waals surface area (Å²) in [7, 11) is 0. The second-order valence-electron chi connectivity index (χ2n) is 4.85. The minimum Gasteiger partial charge on any atom is -0.481 e. The van der Waals surface area contributed by atoms with Crippen LogP contribution in [-0.2, 0) is 9.59 Å². The highest BCUT2D eigenvalue weighted by Crippen LogP contribution is 2.26. The lowest BCUT2D eigenvalue weighted by Gasteiger charge is -2.14. The molecule has 0 aromatic carbocycles. The largest absolute Gasteiger partial charge is 0.481 e.